The standard InChI is InChI=1S/C13H19NO2S/c1-13(2,3)11-9(15)7-6-8-10(11)16-12(17)14(4)5/h6-8,11H,1-5H3. The molecule has 0 N–H and O–H groups in total. The lowest BCUT2D eigenvalue weighted by Crippen LogP contribution is -2.34. The predicted molar refractivity (Wildman–Crippen MR) is 72.5 cm³/mol. The lowest BCUT2D eigenvalue weighted by Gasteiger charge is -2.32. The van der Waals surface area contributed by atoms with Gasteiger partial charge in [0.1, 0.15) is 5.76 Å². The monoisotopic (exact) mass is 253 g/mol. The Labute approximate surface area is 108 Å². The summed E-state index contributed by atoms with van der Waals surface area (Å²) in [7, 11) is 3.63. The number of nitrogens with zero attached hydrogens (tertiary/aromatic N) is 1. The van der Waals surface area contributed by atoms with E-state index in [9.17, 15) is 4.79 Å². The van der Waals surface area contributed by atoms with Crippen LogP contribution in [0.3, 0.4) is 0 Å². The zero-order valence-electron chi connectivity index (χ0n) is 11.0. The van der Waals surface area contributed by atoms with Crippen LogP contribution in [0.1, 0.15) is 20.8 Å². The zero-order valence-corrected chi connectivity index (χ0v) is 11.8. The van der Waals surface area contributed by atoms with E-state index in [1.165, 1.54) is 0 Å². The van der Waals surface area contributed by atoms with E-state index < -0.39 is 0 Å². The molecule has 0 aromatic carbocycles. The second-order valence-electron chi connectivity index (χ2n) is 5.39. The van der Waals surface area contributed by atoms with Gasteiger partial charge in [-0.3, -0.25) is 4.79 Å². The number of ketones is 1. The molecule has 0 aromatic heterocycles. The summed E-state index contributed by atoms with van der Waals surface area (Å²) in [5.41, 5.74) is -0.185. The minimum atomic E-state index is -0.273. The van der Waals surface area contributed by atoms with Crippen molar-refractivity contribution in [3.8, 4) is 0 Å². The third kappa shape index (κ3) is 3.40. The quantitative estimate of drug-likeness (QED) is 0.672. The largest absolute Gasteiger partial charge is 0.436 e. The van der Waals surface area contributed by atoms with Gasteiger partial charge in [-0.25, -0.2) is 0 Å². The predicted octanol–water partition coefficient (Wildman–Crippen LogP) is 2.53. The van der Waals surface area contributed by atoms with Gasteiger partial charge in [-0.2, -0.15) is 0 Å². The van der Waals surface area contributed by atoms with Crippen molar-refractivity contribution in [2.75, 3.05) is 14.1 Å². The first-order chi connectivity index (χ1) is 7.73. The molecule has 1 aliphatic carbocycles. The molecule has 0 spiro atoms. The van der Waals surface area contributed by atoms with Crippen molar-refractivity contribution in [3.63, 3.8) is 0 Å². The molecule has 1 atom stereocenters. The van der Waals surface area contributed by atoms with Gasteiger partial charge < -0.3 is 9.64 Å². The number of ether oxygens (including phenoxy) is 1. The number of thiocarbonyl (C=S) groups is 1. The minimum Gasteiger partial charge on any atom is -0.436 e. The molecule has 0 saturated heterocycles. The highest BCUT2D eigenvalue weighted by molar-refractivity contribution is 7.80. The van der Waals surface area contributed by atoms with Gasteiger partial charge in [0.05, 0.1) is 5.92 Å². The van der Waals surface area contributed by atoms with Crippen molar-refractivity contribution >= 4 is 23.2 Å². The van der Waals surface area contributed by atoms with Crippen LogP contribution in [0.2, 0.25) is 0 Å². The number of allylic oxidation sites excluding steroid dienone is 4. The van der Waals surface area contributed by atoms with E-state index in [-0.39, 0.29) is 17.1 Å². The molecule has 0 amide bonds. The SMILES string of the molecule is CN(C)C(=S)OC1=CC=CC(=O)C1C(C)(C)C. The van der Waals surface area contributed by atoms with E-state index in [2.05, 4.69) is 0 Å². The Hall–Kier alpha value is -1.16. The number of carbonyl (C=O) groups excluding carboxylic acids is 1. The second kappa shape index (κ2) is 5.00. The molecule has 0 heterocycles. The summed E-state index contributed by atoms with van der Waals surface area (Å²) in [6.07, 6.45) is 5.10. The molecule has 0 aliphatic heterocycles. The summed E-state index contributed by atoms with van der Waals surface area (Å²) in [6.45, 7) is 6.06. The van der Waals surface area contributed by atoms with Crippen LogP contribution in [0.4, 0.5) is 0 Å². The average molecular weight is 253 g/mol. The van der Waals surface area contributed by atoms with Gasteiger partial charge >= 0.3 is 0 Å². The number of rotatable bonds is 1. The Kier molecular flexibility index (Phi) is 4.09. The topological polar surface area (TPSA) is 29.5 Å². The fourth-order valence-electron chi connectivity index (χ4n) is 1.71. The van der Waals surface area contributed by atoms with Crippen LogP contribution in [-0.4, -0.2) is 30.0 Å². The molecule has 0 bridgehead atoms. The lowest BCUT2D eigenvalue weighted by molar-refractivity contribution is -0.120. The Balaban J connectivity index is 2.95. The van der Waals surface area contributed by atoms with Crippen LogP contribution >= 0.6 is 12.2 Å². The van der Waals surface area contributed by atoms with Gasteiger partial charge in [-0.15, -0.1) is 0 Å². The van der Waals surface area contributed by atoms with Gasteiger partial charge in [0.15, 0.2) is 5.78 Å². The van der Waals surface area contributed by atoms with Crippen molar-refractivity contribution in [1.82, 2.24) is 4.90 Å². The highest BCUT2D eigenvalue weighted by Gasteiger charge is 2.36. The van der Waals surface area contributed by atoms with E-state index in [1.54, 1.807) is 17.1 Å². The molecule has 3 nitrogen and oxygen atoms in total. The maximum absolute atomic E-state index is 11.9. The molecular formula is C13H19NO2S. The van der Waals surface area contributed by atoms with Crippen LogP contribution in [0.5, 0.6) is 0 Å². The smallest absolute Gasteiger partial charge is 0.264 e. The normalized spacial score (nSPS) is 19.9. The lowest BCUT2D eigenvalue weighted by atomic mass is 9.75. The maximum Gasteiger partial charge on any atom is 0.264 e. The van der Waals surface area contributed by atoms with Crippen molar-refractivity contribution in [1.29, 1.82) is 0 Å². The Bertz CT molecular complexity index is 389. The van der Waals surface area contributed by atoms with Crippen molar-refractivity contribution < 1.29 is 9.53 Å². The molecule has 1 unspecified atom stereocenters. The highest BCUT2D eigenvalue weighted by atomic mass is 32.1. The number of hydrogen-bond acceptors (Lipinski definition) is 3. The van der Waals surface area contributed by atoms with Crippen LogP contribution < -0.4 is 0 Å². The van der Waals surface area contributed by atoms with Crippen LogP contribution in [0, 0.1) is 11.3 Å². The van der Waals surface area contributed by atoms with Gasteiger partial charge in [0.2, 0.25) is 0 Å². The molecular weight excluding hydrogens is 234 g/mol. The average Bonchev–Trinajstić information content (AvgIpc) is 2.15. The first kappa shape index (κ1) is 13.9. The van der Waals surface area contributed by atoms with Crippen molar-refractivity contribution in [2.24, 2.45) is 11.3 Å². The van der Waals surface area contributed by atoms with Gasteiger partial charge in [-0.05, 0) is 29.8 Å². The summed E-state index contributed by atoms with van der Waals surface area (Å²) in [5, 5.41) is 0.369. The van der Waals surface area contributed by atoms with Crippen molar-refractivity contribution in [2.45, 2.75) is 20.8 Å². The zero-order chi connectivity index (χ0) is 13.2. The van der Waals surface area contributed by atoms with E-state index in [0.29, 0.717) is 10.9 Å². The maximum atomic E-state index is 11.9. The fourth-order valence-corrected chi connectivity index (χ4v) is 1.81. The third-order valence-electron chi connectivity index (χ3n) is 2.53. The van der Waals surface area contributed by atoms with E-state index in [4.69, 9.17) is 17.0 Å². The Morgan fingerprint density at radius 2 is 2.00 bits per heavy atom. The van der Waals surface area contributed by atoms with E-state index in [0.717, 1.165) is 0 Å². The minimum absolute atomic E-state index is 0.0663. The fraction of sp³-hybridized carbons (Fsp3) is 0.538. The molecule has 94 valence electrons. The van der Waals surface area contributed by atoms with Gasteiger partial charge in [0, 0.05) is 14.1 Å². The molecule has 1 aliphatic rings. The van der Waals surface area contributed by atoms with Crippen LogP contribution in [0.25, 0.3) is 0 Å². The van der Waals surface area contributed by atoms with E-state index >= 15 is 0 Å². The summed E-state index contributed by atoms with van der Waals surface area (Å²) < 4.78 is 5.61. The third-order valence-corrected chi connectivity index (χ3v) is 2.97. The molecule has 0 saturated carbocycles. The first-order valence-corrected chi connectivity index (χ1v) is 5.95. The summed E-state index contributed by atoms with van der Waals surface area (Å²) >= 11 is 5.10. The van der Waals surface area contributed by atoms with Gasteiger partial charge in [-0.1, -0.05) is 26.8 Å². The number of carbonyl (C=O) groups is 1. The summed E-state index contributed by atoms with van der Waals surface area (Å²) in [5.74, 6) is 0.422. The molecule has 1 rings (SSSR count). The second-order valence-corrected chi connectivity index (χ2v) is 5.74. The summed E-state index contributed by atoms with van der Waals surface area (Å²) in [4.78, 5) is 13.6. The first-order valence-electron chi connectivity index (χ1n) is 5.54. The van der Waals surface area contributed by atoms with Gasteiger partial charge in [0.25, 0.3) is 5.17 Å². The van der Waals surface area contributed by atoms with Crippen LogP contribution in [-0.2, 0) is 9.53 Å². The Morgan fingerprint density at radius 3 is 2.47 bits per heavy atom. The van der Waals surface area contributed by atoms with Crippen molar-refractivity contribution in [3.05, 3.63) is 24.0 Å². The highest BCUT2D eigenvalue weighted by Crippen LogP contribution is 2.35. The summed E-state index contributed by atoms with van der Waals surface area (Å²) in [6, 6.07) is 0. The molecule has 4 heteroatoms. The molecule has 0 radical (unpaired) electrons. The molecule has 0 aromatic rings. The van der Waals surface area contributed by atoms with E-state index in [1.807, 2.05) is 40.9 Å². The number of hydrogen-bond donors (Lipinski definition) is 0. The van der Waals surface area contributed by atoms with Crippen LogP contribution in [0.15, 0.2) is 24.0 Å². The Morgan fingerprint density at radius 1 is 1.41 bits per heavy atom. The molecule has 17 heavy (non-hydrogen) atoms. The molecule has 0 fully saturated rings.